The van der Waals surface area contributed by atoms with E-state index in [1.54, 1.807) is 11.3 Å². The highest BCUT2D eigenvalue weighted by molar-refractivity contribution is 9.11. The Hall–Kier alpha value is -0.390. The standard InChI is InChI=1S/C10H15BrN2OS/c1-10(2,9(13)14)5-6(12)7-3-4-8(11)15-7/h3-4,6H,5,12H2,1-2H3,(H2,13,14). The van der Waals surface area contributed by atoms with Gasteiger partial charge < -0.3 is 11.5 Å². The highest BCUT2D eigenvalue weighted by atomic mass is 79.9. The number of primary amides is 1. The van der Waals surface area contributed by atoms with Gasteiger partial charge in [0.05, 0.1) is 3.79 Å². The van der Waals surface area contributed by atoms with Crippen LogP contribution in [0.3, 0.4) is 0 Å². The fourth-order valence-corrected chi connectivity index (χ4v) is 2.70. The molecule has 0 radical (unpaired) electrons. The number of amides is 1. The number of hydrogen-bond acceptors (Lipinski definition) is 3. The normalized spacial score (nSPS) is 13.9. The Balaban J connectivity index is 2.71. The lowest BCUT2D eigenvalue weighted by Crippen LogP contribution is -2.34. The van der Waals surface area contributed by atoms with Crippen molar-refractivity contribution in [3.05, 3.63) is 20.8 Å². The molecule has 0 aliphatic carbocycles. The van der Waals surface area contributed by atoms with Crippen molar-refractivity contribution in [1.29, 1.82) is 0 Å². The molecular formula is C10H15BrN2OS. The van der Waals surface area contributed by atoms with Gasteiger partial charge in [0.2, 0.25) is 5.91 Å². The van der Waals surface area contributed by atoms with Gasteiger partial charge >= 0.3 is 0 Å². The molecule has 15 heavy (non-hydrogen) atoms. The maximum Gasteiger partial charge on any atom is 0.223 e. The van der Waals surface area contributed by atoms with Crippen LogP contribution in [0.25, 0.3) is 0 Å². The van der Waals surface area contributed by atoms with Crippen LogP contribution < -0.4 is 11.5 Å². The number of carbonyl (C=O) groups is 1. The van der Waals surface area contributed by atoms with Crippen LogP contribution in [0.1, 0.15) is 31.2 Å². The minimum atomic E-state index is -0.560. The molecule has 0 bridgehead atoms. The Bertz CT molecular complexity index is 362. The third kappa shape index (κ3) is 3.29. The number of halogens is 1. The second-order valence-corrected chi connectivity index (χ2v) is 6.70. The second-order valence-electron chi connectivity index (χ2n) is 4.20. The molecule has 1 amide bonds. The van der Waals surface area contributed by atoms with E-state index in [1.807, 2.05) is 26.0 Å². The first-order valence-corrected chi connectivity index (χ1v) is 6.24. The predicted molar refractivity (Wildman–Crippen MR) is 66.5 cm³/mol. The Kier molecular flexibility index (Phi) is 3.92. The monoisotopic (exact) mass is 290 g/mol. The van der Waals surface area contributed by atoms with Gasteiger partial charge in [-0.1, -0.05) is 13.8 Å². The second kappa shape index (κ2) is 4.63. The molecule has 0 aliphatic rings. The van der Waals surface area contributed by atoms with Gasteiger partial charge in [0.1, 0.15) is 0 Å². The van der Waals surface area contributed by atoms with Crippen LogP contribution in [0.15, 0.2) is 15.9 Å². The molecule has 1 aromatic rings. The topological polar surface area (TPSA) is 69.1 Å². The number of hydrogen-bond donors (Lipinski definition) is 2. The zero-order valence-electron chi connectivity index (χ0n) is 8.79. The van der Waals surface area contributed by atoms with Crippen LogP contribution in [-0.2, 0) is 4.79 Å². The molecule has 0 spiro atoms. The molecule has 0 fully saturated rings. The zero-order valence-corrected chi connectivity index (χ0v) is 11.2. The van der Waals surface area contributed by atoms with Crippen molar-refractivity contribution in [3.63, 3.8) is 0 Å². The summed E-state index contributed by atoms with van der Waals surface area (Å²) in [6.07, 6.45) is 0.565. The maximum atomic E-state index is 11.2. The molecule has 0 aromatic carbocycles. The van der Waals surface area contributed by atoms with Gasteiger partial charge in [-0.2, -0.15) is 0 Å². The van der Waals surface area contributed by atoms with Crippen LogP contribution in [0.2, 0.25) is 0 Å². The summed E-state index contributed by atoms with van der Waals surface area (Å²) in [5, 5.41) is 0. The van der Waals surface area contributed by atoms with E-state index >= 15 is 0 Å². The van der Waals surface area contributed by atoms with Crippen LogP contribution in [0, 0.1) is 5.41 Å². The van der Waals surface area contributed by atoms with Crippen molar-refractivity contribution in [3.8, 4) is 0 Å². The van der Waals surface area contributed by atoms with E-state index in [0.717, 1.165) is 8.66 Å². The van der Waals surface area contributed by atoms with Crippen molar-refractivity contribution in [2.24, 2.45) is 16.9 Å². The Morgan fingerprint density at radius 1 is 1.60 bits per heavy atom. The molecule has 84 valence electrons. The van der Waals surface area contributed by atoms with E-state index in [0.29, 0.717) is 6.42 Å². The van der Waals surface area contributed by atoms with Crippen molar-refractivity contribution < 1.29 is 4.79 Å². The fourth-order valence-electron chi connectivity index (χ4n) is 1.28. The minimum Gasteiger partial charge on any atom is -0.369 e. The largest absolute Gasteiger partial charge is 0.369 e. The van der Waals surface area contributed by atoms with E-state index in [2.05, 4.69) is 15.9 Å². The van der Waals surface area contributed by atoms with E-state index < -0.39 is 5.41 Å². The summed E-state index contributed by atoms with van der Waals surface area (Å²) in [6.45, 7) is 3.63. The van der Waals surface area contributed by atoms with Gasteiger partial charge in [-0.3, -0.25) is 4.79 Å². The first kappa shape index (κ1) is 12.7. The van der Waals surface area contributed by atoms with Gasteiger partial charge in [-0.25, -0.2) is 0 Å². The maximum absolute atomic E-state index is 11.2. The number of rotatable bonds is 4. The van der Waals surface area contributed by atoms with Crippen LogP contribution in [0.5, 0.6) is 0 Å². The van der Waals surface area contributed by atoms with Crippen molar-refractivity contribution in [2.45, 2.75) is 26.3 Å². The smallest absolute Gasteiger partial charge is 0.223 e. The quantitative estimate of drug-likeness (QED) is 0.894. The Morgan fingerprint density at radius 2 is 2.20 bits per heavy atom. The molecule has 0 saturated heterocycles. The molecule has 1 aromatic heterocycles. The van der Waals surface area contributed by atoms with Crippen molar-refractivity contribution in [2.75, 3.05) is 0 Å². The van der Waals surface area contributed by atoms with Gasteiger partial charge in [0.15, 0.2) is 0 Å². The van der Waals surface area contributed by atoms with Crippen molar-refractivity contribution in [1.82, 2.24) is 0 Å². The SMILES string of the molecule is CC(C)(CC(N)c1ccc(Br)s1)C(N)=O. The minimum absolute atomic E-state index is 0.135. The average Bonchev–Trinajstić information content (AvgIpc) is 2.50. The zero-order chi connectivity index (χ0) is 11.6. The highest BCUT2D eigenvalue weighted by Crippen LogP contribution is 2.33. The number of thiophene rings is 1. The molecule has 1 rings (SSSR count). The molecule has 4 N–H and O–H groups in total. The van der Waals surface area contributed by atoms with E-state index in [1.165, 1.54) is 0 Å². The number of carbonyl (C=O) groups excluding carboxylic acids is 1. The summed E-state index contributed by atoms with van der Waals surface area (Å²) in [5.74, 6) is -0.312. The molecule has 5 heteroatoms. The first-order chi connectivity index (χ1) is 6.83. The van der Waals surface area contributed by atoms with E-state index in [9.17, 15) is 4.79 Å². The summed E-state index contributed by atoms with van der Waals surface area (Å²) in [4.78, 5) is 12.2. The molecule has 0 aliphatic heterocycles. The summed E-state index contributed by atoms with van der Waals surface area (Å²) >= 11 is 4.97. The summed E-state index contributed by atoms with van der Waals surface area (Å²) in [6, 6.07) is 3.79. The van der Waals surface area contributed by atoms with E-state index in [-0.39, 0.29) is 11.9 Å². The van der Waals surface area contributed by atoms with Gasteiger partial charge in [0.25, 0.3) is 0 Å². The lowest BCUT2D eigenvalue weighted by atomic mass is 9.85. The first-order valence-electron chi connectivity index (χ1n) is 4.63. The van der Waals surface area contributed by atoms with Crippen LogP contribution >= 0.6 is 27.3 Å². The van der Waals surface area contributed by atoms with Gasteiger partial charge in [-0.15, -0.1) is 11.3 Å². The predicted octanol–water partition coefficient (Wildman–Crippen LogP) is 2.41. The summed E-state index contributed by atoms with van der Waals surface area (Å²) in [7, 11) is 0. The van der Waals surface area contributed by atoms with Gasteiger partial charge in [-0.05, 0) is 34.5 Å². The molecule has 1 atom stereocenters. The number of nitrogens with two attached hydrogens (primary N) is 2. The lowest BCUT2D eigenvalue weighted by Gasteiger charge is -2.23. The van der Waals surface area contributed by atoms with Gasteiger partial charge in [0, 0.05) is 16.3 Å². The summed E-state index contributed by atoms with van der Waals surface area (Å²) in [5.41, 5.74) is 10.8. The third-order valence-electron chi connectivity index (χ3n) is 2.36. The van der Waals surface area contributed by atoms with E-state index in [4.69, 9.17) is 11.5 Å². The molecule has 3 nitrogen and oxygen atoms in total. The molecule has 1 unspecified atom stereocenters. The lowest BCUT2D eigenvalue weighted by molar-refractivity contribution is -0.126. The van der Waals surface area contributed by atoms with Crippen LogP contribution in [0.4, 0.5) is 0 Å². The van der Waals surface area contributed by atoms with Crippen molar-refractivity contribution >= 4 is 33.2 Å². The third-order valence-corrected chi connectivity index (χ3v) is 4.11. The molecule has 0 saturated carbocycles. The highest BCUT2D eigenvalue weighted by Gasteiger charge is 2.28. The average molecular weight is 291 g/mol. The fraction of sp³-hybridized carbons (Fsp3) is 0.500. The molecular weight excluding hydrogens is 276 g/mol. The Morgan fingerprint density at radius 3 is 2.60 bits per heavy atom. The van der Waals surface area contributed by atoms with Crippen LogP contribution in [-0.4, -0.2) is 5.91 Å². The molecule has 1 heterocycles. The summed E-state index contributed by atoms with van der Waals surface area (Å²) < 4.78 is 1.05. The Labute approximate surface area is 102 Å².